The number of benzene rings is 1. The number of nitrogens with zero attached hydrogens (tertiary/aromatic N) is 2. The van der Waals surface area contributed by atoms with Crippen LogP contribution in [0.5, 0.6) is 0 Å². The Bertz CT molecular complexity index is 549. The second-order valence-electron chi connectivity index (χ2n) is 5.24. The molecule has 0 aliphatic heterocycles. The highest BCUT2D eigenvalue weighted by molar-refractivity contribution is 5.49. The predicted molar refractivity (Wildman–Crippen MR) is 79.9 cm³/mol. The molecule has 0 atom stereocenters. The Morgan fingerprint density at radius 1 is 1.35 bits per heavy atom. The number of hydrogen-bond donors (Lipinski definition) is 1. The molecule has 0 saturated carbocycles. The summed E-state index contributed by atoms with van der Waals surface area (Å²) < 4.78 is 5.53. The SMILES string of the molecule is Cc1ncc(CN(CCO)c2cccc(C(C)C)c2)o1. The van der Waals surface area contributed by atoms with E-state index >= 15 is 0 Å². The van der Waals surface area contributed by atoms with E-state index in [0.717, 1.165) is 11.4 Å². The number of aromatic nitrogens is 1. The van der Waals surface area contributed by atoms with E-state index in [1.54, 1.807) is 6.20 Å². The fourth-order valence-electron chi connectivity index (χ4n) is 2.17. The summed E-state index contributed by atoms with van der Waals surface area (Å²) in [6, 6.07) is 8.42. The minimum absolute atomic E-state index is 0.110. The first-order valence-corrected chi connectivity index (χ1v) is 6.97. The van der Waals surface area contributed by atoms with Crippen LogP contribution in [0.25, 0.3) is 0 Å². The lowest BCUT2D eigenvalue weighted by molar-refractivity contribution is 0.300. The zero-order chi connectivity index (χ0) is 14.5. The molecule has 2 rings (SSSR count). The minimum Gasteiger partial charge on any atom is -0.444 e. The van der Waals surface area contributed by atoms with Crippen molar-refractivity contribution in [2.45, 2.75) is 33.2 Å². The van der Waals surface area contributed by atoms with Crippen molar-refractivity contribution < 1.29 is 9.52 Å². The third-order valence-electron chi connectivity index (χ3n) is 3.29. The molecule has 4 nitrogen and oxygen atoms in total. The van der Waals surface area contributed by atoms with Crippen LogP contribution in [0.4, 0.5) is 5.69 Å². The van der Waals surface area contributed by atoms with Crippen LogP contribution in [-0.2, 0) is 6.54 Å². The smallest absolute Gasteiger partial charge is 0.191 e. The molecule has 108 valence electrons. The van der Waals surface area contributed by atoms with Gasteiger partial charge in [0, 0.05) is 19.2 Å². The molecule has 0 bridgehead atoms. The predicted octanol–water partition coefficient (Wildman–Crippen LogP) is 3.11. The fraction of sp³-hybridized carbons (Fsp3) is 0.438. The van der Waals surface area contributed by atoms with Gasteiger partial charge < -0.3 is 14.4 Å². The molecule has 0 amide bonds. The normalized spacial score (nSPS) is 11.1. The Kier molecular flexibility index (Phi) is 4.79. The van der Waals surface area contributed by atoms with Crippen LogP contribution in [0.15, 0.2) is 34.9 Å². The van der Waals surface area contributed by atoms with E-state index in [2.05, 4.69) is 48.0 Å². The summed E-state index contributed by atoms with van der Waals surface area (Å²) in [5, 5.41) is 9.27. The fourth-order valence-corrected chi connectivity index (χ4v) is 2.17. The largest absolute Gasteiger partial charge is 0.444 e. The van der Waals surface area contributed by atoms with Gasteiger partial charge in [0.05, 0.1) is 19.3 Å². The van der Waals surface area contributed by atoms with Gasteiger partial charge in [-0.1, -0.05) is 26.0 Å². The quantitative estimate of drug-likeness (QED) is 0.879. The Balaban J connectivity index is 2.21. The van der Waals surface area contributed by atoms with Gasteiger partial charge in [0.25, 0.3) is 0 Å². The monoisotopic (exact) mass is 274 g/mol. The first kappa shape index (κ1) is 14.6. The molecule has 1 aromatic heterocycles. The number of oxazole rings is 1. The van der Waals surface area contributed by atoms with Crippen molar-refractivity contribution in [2.75, 3.05) is 18.1 Å². The average molecular weight is 274 g/mol. The molecular weight excluding hydrogens is 252 g/mol. The lowest BCUT2D eigenvalue weighted by Gasteiger charge is -2.23. The van der Waals surface area contributed by atoms with E-state index in [1.165, 1.54) is 5.56 Å². The summed E-state index contributed by atoms with van der Waals surface area (Å²) in [6.07, 6.45) is 1.74. The van der Waals surface area contributed by atoms with E-state index in [9.17, 15) is 5.11 Å². The average Bonchev–Trinajstić information content (AvgIpc) is 2.84. The number of hydrogen-bond acceptors (Lipinski definition) is 4. The number of rotatable bonds is 6. The van der Waals surface area contributed by atoms with Gasteiger partial charge in [-0.05, 0) is 23.6 Å². The highest BCUT2D eigenvalue weighted by atomic mass is 16.4. The van der Waals surface area contributed by atoms with E-state index in [1.807, 2.05) is 6.92 Å². The number of aliphatic hydroxyl groups is 1. The standard InChI is InChI=1S/C16H22N2O2/c1-12(2)14-5-4-6-15(9-14)18(7-8-19)11-16-10-17-13(3)20-16/h4-6,9-10,12,19H,7-8,11H2,1-3H3. The van der Waals surface area contributed by atoms with Gasteiger partial charge in [-0.25, -0.2) is 4.98 Å². The molecule has 1 aromatic carbocycles. The van der Waals surface area contributed by atoms with Gasteiger partial charge in [-0.15, -0.1) is 0 Å². The van der Waals surface area contributed by atoms with E-state index in [4.69, 9.17) is 4.42 Å². The molecule has 1 heterocycles. The molecule has 0 aliphatic carbocycles. The molecule has 1 N–H and O–H groups in total. The first-order valence-electron chi connectivity index (χ1n) is 6.97. The maximum atomic E-state index is 9.27. The summed E-state index contributed by atoms with van der Waals surface area (Å²) in [4.78, 5) is 6.22. The second kappa shape index (κ2) is 6.57. The van der Waals surface area contributed by atoms with Crippen LogP contribution in [-0.4, -0.2) is 23.2 Å². The number of anilines is 1. The Hall–Kier alpha value is -1.81. The zero-order valence-corrected chi connectivity index (χ0v) is 12.3. The third-order valence-corrected chi connectivity index (χ3v) is 3.29. The van der Waals surface area contributed by atoms with E-state index < -0.39 is 0 Å². The molecule has 20 heavy (non-hydrogen) atoms. The van der Waals surface area contributed by atoms with Crippen molar-refractivity contribution in [1.29, 1.82) is 0 Å². The summed E-state index contributed by atoms with van der Waals surface area (Å²) in [5.74, 6) is 1.96. The topological polar surface area (TPSA) is 49.5 Å². The third kappa shape index (κ3) is 3.61. The highest BCUT2D eigenvalue weighted by Gasteiger charge is 2.11. The molecule has 2 aromatic rings. The van der Waals surface area contributed by atoms with Gasteiger partial charge >= 0.3 is 0 Å². The van der Waals surface area contributed by atoms with Gasteiger partial charge in [0.15, 0.2) is 5.89 Å². The summed E-state index contributed by atoms with van der Waals surface area (Å²) in [7, 11) is 0. The molecule has 0 spiro atoms. The summed E-state index contributed by atoms with van der Waals surface area (Å²) in [6.45, 7) is 7.48. The minimum atomic E-state index is 0.110. The van der Waals surface area contributed by atoms with Crippen LogP contribution in [0.3, 0.4) is 0 Å². The zero-order valence-electron chi connectivity index (χ0n) is 12.3. The number of aryl methyl sites for hydroxylation is 1. The molecule has 0 saturated heterocycles. The van der Waals surface area contributed by atoms with Crippen molar-refractivity contribution in [3.63, 3.8) is 0 Å². The van der Waals surface area contributed by atoms with E-state index in [0.29, 0.717) is 24.9 Å². The molecule has 0 radical (unpaired) electrons. The molecule has 0 aliphatic rings. The van der Waals surface area contributed by atoms with Crippen LogP contribution >= 0.6 is 0 Å². The maximum absolute atomic E-state index is 9.27. The molecule has 0 fully saturated rings. The van der Waals surface area contributed by atoms with Gasteiger partial charge in [0.1, 0.15) is 5.76 Å². The highest BCUT2D eigenvalue weighted by Crippen LogP contribution is 2.23. The lowest BCUT2D eigenvalue weighted by Crippen LogP contribution is -2.26. The van der Waals surface area contributed by atoms with Gasteiger partial charge in [-0.2, -0.15) is 0 Å². The molecule has 4 heteroatoms. The van der Waals surface area contributed by atoms with Crippen molar-refractivity contribution in [3.05, 3.63) is 47.7 Å². The Morgan fingerprint density at radius 3 is 2.75 bits per heavy atom. The Morgan fingerprint density at radius 2 is 2.15 bits per heavy atom. The lowest BCUT2D eigenvalue weighted by atomic mass is 10.0. The summed E-state index contributed by atoms with van der Waals surface area (Å²) in [5.41, 5.74) is 2.39. The van der Waals surface area contributed by atoms with Crippen LogP contribution in [0, 0.1) is 6.92 Å². The van der Waals surface area contributed by atoms with Crippen LogP contribution in [0.2, 0.25) is 0 Å². The van der Waals surface area contributed by atoms with Crippen molar-refractivity contribution in [3.8, 4) is 0 Å². The van der Waals surface area contributed by atoms with Gasteiger partial charge in [-0.3, -0.25) is 0 Å². The second-order valence-corrected chi connectivity index (χ2v) is 5.24. The van der Waals surface area contributed by atoms with Crippen LogP contribution < -0.4 is 4.90 Å². The summed E-state index contributed by atoms with van der Waals surface area (Å²) >= 11 is 0. The van der Waals surface area contributed by atoms with Crippen molar-refractivity contribution in [2.24, 2.45) is 0 Å². The van der Waals surface area contributed by atoms with Crippen molar-refractivity contribution in [1.82, 2.24) is 4.98 Å². The van der Waals surface area contributed by atoms with Crippen molar-refractivity contribution >= 4 is 5.69 Å². The first-order chi connectivity index (χ1) is 9.60. The number of aliphatic hydroxyl groups excluding tert-OH is 1. The molecule has 0 unspecified atom stereocenters. The Labute approximate surface area is 120 Å². The van der Waals surface area contributed by atoms with Crippen LogP contribution in [0.1, 0.15) is 37.0 Å². The van der Waals surface area contributed by atoms with E-state index in [-0.39, 0.29) is 6.61 Å². The maximum Gasteiger partial charge on any atom is 0.191 e. The van der Waals surface area contributed by atoms with Gasteiger partial charge in [0.2, 0.25) is 0 Å². The molecular formula is C16H22N2O2.